The minimum absolute atomic E-state index is 0.396. The number of carbonyl (C=O) groups excluding carboxylic acids is 1. The van der Waals surface area contributed by atoms with Gasteiger partial charge in [0.2, 0.25) is 0 Å². The lowest BCUT2D eigenvalue weighted by molar-refractivity contribution is -0.135. The van der Waals surface area contributed by atoms with Gasteiger partial charge < -0.3 is 9.64 Å². The van der Waals surface area contributed by atoms with Crippen LogP contribution < -0.4 is 0 Å². The molecule has 0 unspecified atom stereocenters. The second-order valence-corrected chi connectivity index (χ2v) is 12.6. The molecule has 308 valence electrons. The summed E-state index contributed by atoms with van der Waals surface area (Å²) < 4.78 is 5.32. The highest BCUT2D eigenvalue weighted by Gasteiger charge is 2.16. The summed E-state index contributed by atoms with van der Waals surface area (Å²) in [5.74, 6) is -0.458. The van der Waals surface area contributed by atoms with E-state index in [4.69, 9.17) is 4.74 Å². The third kappa shape index (κ3) is 27.5. The predicted octanol–water partition coefficient (Wildman–Crippen LogP) is 14.2. The number of allylic oxidation sites excluding steroid dienone is 51. The van der Waals surface area contributed by atoms with Gasteiger partial charge in [-0.25, -0.2) is 4.79 Å². The molecule has 0 atom stereocenters. The van der Waals surface area contributed by atoms with Gasteiger partial charge in [0.1, 0.15) is 0 Å². The van der Waals surface area contributed by atoms with Gasteiger partial charge in [-0.15, -0.1) is 0 Å². The highest BCUT2D eigenvalue weighted by Crippen LogP contribution is 2.23. The van der Waals surface area contributed by atoms with E-state index in [0.29, 0.717) is 11.1 Å². The molecule has 0 aliphatic heterocycles. The Hall–Kier alpha value is -7.75. The lowest BCUT2D eigenvalue weighted by Crippen LogP contribution is -2.08. The maximum atomic E-state index is 13.4. The van der Waals surface area contributed by atoms with Crippen LogP contribution in [0.2, 0.25) is 0 Å². The first-order valence-electron chi connectivity index (χ1n) is 20.1. The van der Waals surface area contributed by atoms with Crippen molar-refractivity contribution >= 4 is 5.97 Å². The number of fused-ring (bicyclic) bond motifs is 1. The Labute approximate surface area is 366 Å². The van der Waals surface area contributed by atoms with Crippen LogP contribution >= 0.6 is 0 Å². The zero-order valence-corrected chi connectivity index (χ0v) is 35.6. The van der Waals surface area contributed by atoms with Crippen LogP contribution in [0, 0.1) is 0 Å². The molecule has 61 heavy (non-hydrogen) atoms. The van der Waals surface area contributed by atoms with Crippen LogP contribution in [0.4, 0.5) is 0 Å². The van der Waals surface area contributed by atoms with E-state index in [9.17, 15) is 4.79 Å². The number of rotatable bonds is 2. The third-order valence-electron chi connectivity index (χ3n) is 7.69. The molecule has 3 heteroatoms. The molecule has 3 nitrogen and oxygen atoms in total. The third-order valence-corrected chi connectivity index (χ3v) is 7.69. The molecule has 0 saturated heterocycles. The van der Waals surface area contributed by atoms with E-state index in [2.05, 4.69) is 17.1 Å². The summed E-state index contributed by atoms with van der Waals surface area (Å²) in [6, 6.07) is 0. The molecule has 0 aromatic carbocycles. The van der Waals surface area contributed by atoms with Crippen molar-refractivity contribution < 1.29 is 9.53 Å². The van der Waals surface area contributed by atoms with Crippen molar-refractivity contribution in [2.24, 2.45) is 0 Å². The first-order chi connectivity index (χ1) is 30.1. The second-order valence-electron chi connectivity index (χ2n) is 12.6. The Bertz CT molecular complexity index is 2190. The van der Waals surface area contributed by atoms with Crippen molar-refractivity contribution in [1.29, 1.82) is 0 Å². The van der Waals surface area contributed by atoms with Gasteiger partial charge in [0.15, 0.2) is 0 Å². The van der Waals surface area contributed by atoms with Crippen molar-refractivity contribution in [3.8, 4) is 0 Å². The molecule has 2 aliphatic carbocycles. The highest BCUT2D eigenvalue weighted by molar-refractivity contribution is 5.96. The lowest BCUT2D eigenvalue weighted by Gasteiger charge is -2.12. The van der Waals surface area contributed by atoms with Crippen LogP contribution in [0.15, 0.2) is 326 Å². The van der Waals surface area contributed by atoms with Crippen molar-refractivity contribution in [1.82, 2.24) is 4.90 Å². The maximum absolute atomic E-state index is 13.4. The first-order valence-corrected chi connectivity index (χ1v) is 20.1. The summed E-state index contributed by atoms with van der Waals surface area (Å²) in [7, 11) is 5.43. The van der Waals surface area contributed by atoms with Gasteiger partial charge >= 0.3 is 5.97 Å². The van der Waals surface area contributed by atoms with Gasteiger partial charge in [0.05, 0.1) is 12.7 Å². The van der Waals surface area contributed by atoms with Crippen molar-refractivity contribution in [2.45, 2.75) is 0 Å². The number of hydrogen-bond acceptors (Lipinski definition) is 3. The van der Waals surface area contributed by atoms with Crippen LogP contribution in [0.5, 0.6) is 0 Å². The average Bonchev–Trinajstić information content (AvgIpc) is 3.26. The summed E-state index contributed by atoms with van der Waals surface area (Å²) in [4.78, 5) is 15.5. The van der Waals surface area contributed by atoms with Gasteiger partial charge in [-0.3, -0.25) is 0 Å². The van der Waals surface area contributed by atoms with Crippen LogP contribution in [0.3, 0.4) is 0 Å². The zero-order valence-electron chi connectivity index (χ0n) is 35.6. The molecule has 0 radical (unpaired) electrons. The van der Waals surface area contributed by atoms with Crippen molar-refractivity contribution in [3.63, 3.8) is 0 Å². The van der Waals surface area contributed by atoms with Gasteiger partial charge in [-0.1, -0.05) is 286 Å². The number of ether oxygens (including phenoxy) is 1. The van der Waals surface area contributed by atoms with E-state index in [-0.39, 0.29) is 0 Å². The van der Waals surface area contributed by atoms with Gasteiger partial charge in [0, 0.05) is 19.8 Å². The summed E-state index contributed by atoms with van der Waals surface area (Å²) in [6.07, 6.45) is 98.1. The molecule has 0 aromatic heterocycles. The molecule has 0 fully saturated rings. The normalized spacial score (nSPS) is 18.0. The molecular weight excluding hydrogens is 743 g/mol. The molecule has 0 saturated carbocycles. The van der Waals surface area contributed by atoms with E-state index in [0.717, 1.165) is 11.3 Å². The van der Waals surface area contributed by atoms with E-state index in [1.807, 2.05) is 300 Å². The number of esters is 1. The summed E-state index contributed by atoms with van der Waals surface area (Å²) >= 11 is 0. The molecule has 0 aromatic rings. The molecule has 0 N–H and O–H groups in total. The topological polar surface area (TPSA) is 29.5 Å². The Morgan fingerprint density at radius 1 is 0.328 bits per heavy atom. The molecule has 0 bridgehead atoms. The minimum Gasteiger partial charge on any atom is -0.465 e. The summed E-state index contributed by atoms with van der Waals surface area (Å²) in [5.41, 5.74) is 2.93. The summed E-state index contributed by atoms with van der Waals surface area (Å²) in [5, 5.41) is 0. The molecule has 2 aliphatic rings. The monoisotopic (exact) mass is 801 g/mol. The Kier molecular flexibility index (Phi) is 29.6. The average molecular weight is 802 g/mol. The Morgan fingerprint density at radius 3 is 0.918 bits per heavy atom. The zero-order chi connectivity index (χ0) is 43.5. The fourth-order valence-corrected chi connectivity index (χ4v) is 4.68. The lowest BCUT2D eigenvalue weighted by atomic mass is 9.95. The maximum Gasteiger partial charge on any atom is 0.338 e. The molecular formula is C58H59NO2. The fraction of sp³-hybridized carbons (Fsp3) is 0.0517. The Balaban J connectivity index is 2.72. The molecule has 0 amide bonds. The molecule has 2 rings (SSSR count). The molecule has 0 spiro atoms. The first kappa shape index (κ1) is 49.4. The number of carbonyl (C=O) groups is 1. The fourth-order valence-electron chi connectivity index (χ4n) is 4.68. The van der Waals surface area contributed by atoms with E-state index in [1.165, 1.54) is 7.11 Å². The number of methoxy groups -OCH3 is 1. The SMILES string of the molecule is COC(=O)C1=CC=CC=CC=C\C=C/C=C\C=C/C=CC=CC(N(C)C)=CC=CC=CC=CC2=CC=CC=CC=CC=CC=CC=CC=CC=CC=CC=CC=CC=CC=C21. The van der Waals surface area contributed by atoms with E-state index < -0.39 is 5.97 Å². The standard InChI is InChI=1S/C58H59NO2/c1-59(2)55-50-44-38-32-28-24-20-16-14-18-22-26-30-34-41-47-53-57(58(60)61-3)56-52-46-40-33-29-25-21-17-13-11-9-7-5-4-6-8-10-12-15-19-23-27-31-36-42-48-54(56)49-43-37-35-39-45-51-55/h4-53H,1-3H3/b5-4?,6-4?,7-5?,8-6?,9-7?,10-8?,11-9?,12-10?,13-11?,15-12?,16-14?,17-13?,18-14-,19-15?,20-16-,21-17?,22-18?,23-19?,24-20?,25-21?,26-22?,27-23?,28-24-,29-25?,30-26?,31-27?,32-28?,33-29?,34-30?,36-31?,37-35?,38-32?,39-35?,40-33?,41-34?,42-36?,43-37?,44-38?,45-39?,46-40?,47-41?,48-42?,49-43?,50-44?,51-45?,52-46?,53-47?,54-48?,54-49?,55-50?,55-51?,56-52?,56-54?,57-53?,57-56?. The van der Waals surface area contributed by atoms with Crippen molar-refractivity contribution in [2.75, 3.05) is 21.2 Å². The van der Waals surface area contributed by atoms with Gasteiger partial charge in [-0.2, -0.15) is 0 Å². The largest absolute Gasteiger partial charge is 0.465 e. The molecule has 0 heterocycles. The van der Waals surface area contributed by atoms with Crippen LogP contribution in [0.1, 0.15) is 0 Å². The number of hydrogen-bond donors (Lipinski definition) is 0. The summed E-state index contributed by atoms with van der Waals surface area (Å²) in [6.45, 7) is 0. The Morgan fingerprint density at radius 2 is 0.590 bits per heavy atom. The number of likely N-dealkylation sites (N-methyl/N-ethyl adjacent to an activating group) is 1. The highest BCUT2D eigenvalue weighted by atomic mass is 16.5. The predicted molar refractivity (Wildman–Crippen MR) is 268 cm³/mol. The second kappa shape index (κ2) is 36.6. The van der Waals surface area contributed by atoms with E-state index >= 15 is 0 Å². The van der Waals surface area contributed by atoms with Crippen LogP contribution in [-0.4, -0.2) is 32.1 Å². The number of nitrogens with zero attached hydrogens (tertiary/aromatic N) is 1. The quantitative estimate of drug-likeness (QED) is 0.261. The van der Waals surface area contributed by atoms with Gasteiger partial charge in [0.25, 0.3) is 0 Å². The van der Waals surface area contributed by atoms with Gasteiger partial charge in [-0.05, 0) is 29.4 Å². The van der Waals surface area contributed by atoms with Crippen molar-refractivity contribution in [3.05, 3.63) is 326 Å². The van der Waals surface area contributed by atoms with Crippen LogP contribution in [0.25, 0.3) is 0 Å². The minimum atomic E-state index is -0.458. The smallest absolute Gasteiger partial charge is 0.338 e. The van der Waals surface area contributed by atoms with E-state index in [1.54, 1.807) is 6.08 Å². The van der Waals surface area contributed by atoms with Crippen LogP contribution in [-0.2, 0) is 9.53 Å².